The Bertz CT molecular complexity index is 622. The highest BCUT2D eigenvalue weighted by Crippen LogP contribution is 2.04. The highest BCUT2D eigenvalue weighted by atomic mass is 16.4. The minimum absolute atomic E-state index is 0.519. The van der Waals surface area contributed by atoms with E-state index in [1.165, 1.54) is 0 Å². The molecule has 2 aromatic rings. The average Bonchev–Trinajstić information content (AvgIpc) is 2.45. The fourth-order valence-corrected chi connectivity index (χ4v) is 1.43. The maximum absolute atomic E-state index is 8.71. The van der Waals surface area contributed by atoms with E-state index in [9.17, 15) is 0 Å². The van der Waals surface area contributed by atoms with Gasteiger partial charge < -0.3 is 5.21 Å². The Morgan fingerprint density at radius 3 is 2.56 bits per heavy atom. The fourth-order valence-electron chi connectivity index (χ4n) is 1.43. The highest BCUT2D eigenvalue weighted by Gasteiger charge is 1.98. The third kappa shape index (κ3) is 2.96. The van der Waals surface area contributed by atoms with E-state index >= 15 is 0 Å². The molecule has 1 N–H and O–H groups in total. The summed E-state index contributed by atoms with van der Waals surface area (Å²) in [6.45, 7) is 1.71. The number of pyridine rings is 1. The molecule has 1 aromatic carbocycles. The number of hydrogen-bond acceptors (Lipinski definition) is 3. The topological polar surface area (TPSA) is 45.5 Å². The quantitative estimate of drug-likeness (QED) is 0.358. The van der Waals surface area contributed by atoms with Gasteiger partial charge in [-0.15, -0.1) is 0 Å². The van der Waals surface area contributed by atoms with Crippen molar-refractivity contribution in [1.29, 1.82) is 0 Å². The first-order valence-electron chi connectivity index (χ1n) is 5.51. The summed E-state index contributed by atoms with van der Waals surface area (Å²) in [5, 5.41) is 11.9. The van der Waals surface area contributed by atoms with E-state index in [1.54, 1.807) is 19.3 Å². The smallest absolute Gasteiger partial charge is 0.0852 e. The predicted octanol–water partition coefficient (Wildman–Crippen LogP) is 2.68. The lowest BCUT2D eigenvalue weighted by molar-refractivity contribution is 0.319. The molecule has 0 saturated heterocycles. The number of rotatable bonds is 1. The molecule has 1 heterocycles. The standard InChI is InChI=1S/C15H12N2O/c1-12(17-18)15-9-14(10-16-11-15)8-7-13-5-3-2-4-6-13/h2-6,9-11,18H,1H3. The Morgan fingerprint density at radius 2 is 1.83 bits per heavy atom. The van der Waals surface area contributed by atoms with Crippen LogP contribution in [0, 0.1) is 11.8 Å². The predicted molar refractivity (Wildman–Crippen MR) is 70.7 cm³/mol. The van der Waals surface area contributed by atoms with Gasteiger partial charge in [0.2, 0.25) is 0 Å². The van der Waals surface area contributed by atoms with Gasteiger partial charge in [0, 0.05) is 29.1 Å². The van der Waals surface area contributed by atoms with Crippen LogP contribution in [-0.2, 0) is 0 Å². The Labute approximate surface area is 106 Å². The van der Waals surface area contributed by atoms with E-state index < -0.39 is 0 Å². The number of aromatic nitrogens is 1. The highest BCUT2D eigenvalue weighted by molar-refractivity contribution is 5.98. The largest absolute Gasteiger partial charge is 0.411 e. The third-order valence-electron chi connectivity index (χ3n) is 2.43. The summed E-state index contributed by atoms with van der Waals surface area (Å²) in [5.41, 5.74) is 3.03. The van der Waals surface area contributed by atoms with Gasteiger partial charge in [-0.25, -0.2) is 0 Å². The van der Waals surface area contributed by atoms with Gasteiger partial charge in [0.1, 0.15) is 0 Å². The molecule has 3 nitrogen and oxygen atoms in total. The molecule has 0 aliphatic carbocycles. The van der Waals surface area contributed by atoms with Crippen molar-refractivity contribution in [2.75, 3.05) is 0 Å². The summed E-state index contributed by atoms with van der Waals surface area (Å²) in [6, 6.07) is 11.6. The fraction of sp³-hybridized carbons (Fsp3) is 0.0667. The van der Waals surface area contributed by atoms with Crippen molar-refractivity contribution in [2.45, 2.75) is 6.92 Å². The molecule has 0 aliphatic rings. The van der Waals surface area contributed by atoms with Crippen molar-refractivity contribution < 1.29 is 5.21 Å². The molecule has 0 atom stereocenters. The molecule has 18 heavy (non-hydrogen) atoms. The number of benzene rings is 1. The molecule has 0 bridgehead atoms. The summed E-state index contributed by atoms with van der Waals surface area (Å²) in [6.07, 6.45) is 3.33. The zero-order valence-corrected chi connectivity index (χ0v) is 9.96. The van der Waals surface area contributed by atoms with Crippen molar-refractivity contribution in [1.82, 2.24) is 4.98 Å². The van der Waals surface area contributed by atoms with Crippen LogP contribution in [0.1, 0.15) is 23.6 Å². The van der Waals surface area contributed by atoms with Crippen molar-refractivity contribution in [3.8, 4) is 11.8 Å². The average molecular weight is 236 g/mol. The van der Waals surface area contributed by atoms with Crippen molar-refractivity contribution in [2.24, 2.45) is 5.16 Å². The summed E-state index contributed by atoms with van der Waals surface area (Å²) in [7, 11) is 0. The minimum atomic E-state index is 0.519. The molecule has 0 spiro atoms. The molecule has 2 rings (SSSR count). The summed E-state index contributed by atoms with van der Waals surface area (Å²) < 4.78 is 0. The number of hydrogen-bond donors (Lipinski definition) is 1. The van der Waals surface area contributed by atoms with Gasteiger partial charge in [-0.05, 0) is 25.1 Å². The Kier molecular flexibility index (Phi) is 3.72. The van der Waals surface area contributed by atoms with Crippen LogP contribution < -0.4 is 0 Å². The Hall–Kier alpha value is -2.60. The lowest BCUT2D eigenvalue weighted by Crippen LogP contribution is -1.96. The number of oxime groups is 1. The molecule has 0 amide bonds. The molecule has 0 aliphatic heterocycles. The Morgan fingerprint density at radius 1 is 1.11 bits per heavy atom. The SMILES string of the molecule is CC(=NO)c1cncc(C#Cc2ccccc2)c1. The van der Waals surface area contributed by atoms with Crippen LogP contribution in [0.25, 0.3) is 0 Å². The summed E-state index contributed by atoms with van der Waals surface area (Å²) >= 11 is 0. The van der Waals surface area contributed by atoms with Gasteiger partial charge in [0.15, 0.2) is 0 Å². The summed E-state index contributed by atoms with van der Waals surface area (Å²) in [4.78, 5) is 4.07. The van der Waals surface area contributed by atoms with E-state index in [0.717, 1.165) is 16.7 Å². The zero-order valence-electron chi connectivity index (χ0n) is 9.96. The van der Waals surface area contributed by atoms with E-state index in [4.69, 9.17) is 5.21 Å². The second-order valence-electron chi connectivity index (χ2n) is 3.76. The van der Waals surface area contributed by atoms with Crippen molar-refractivity contribution in [3.05, 3.63) is 65.5 Å². The second kappa shape index (κ2) is 5.65. The van der Waals surface area contributed by atoms with Crippen molar-refractivity contribution in [3.63, 3.8) is 0 Å². The molecule has 88 valence electrons. The molecule has 0 fully saturated rings. The van der Waals surface area contributed by atoms with Gasteiger partial charge in [0.25, 0.3) is 0 Å². The first kappa shape index (κ1) is 11.9. The van der Waals surface area contributed by atoms with Gasteiger partial charge in [0.05, 0.1) is 5.71 Å². The van der Waals surface area contributed by atoms with Crippen LogP contribution in [0.15, 0.2) is 53.9 Å². The van der Waals surface area contributed by atoms with Crippen LogP contribution in [0.5, 0.6) is 0 Å². The lowest BCUT2D eigenvalue weighted by atomic mass is 10.1. The lowest BCUT2D eigenvalue weighted by Gasteiger charge is -1.97. The number of nitrogens with zero attached hydrogens (tertiary/aromatic N) is 2. The van der Waals surface area contributed by atoms with E-state index in [-0.39, 0.29) is 0 Å². The molecular weight excluding hydrogens is 224 g/mol. The summed E-state index contributed by atoms with van der Waals surface area (Å²) in [5.74, 6) is 6.08. The van der Waals surface area contributed by atoms with Crippen LogP contribution in [0.3, 0.4) is 0 Å². The van der Waals surface area contributed by atoms with E-state index in [2.05, 4.69) is 22.0 Å². The second-order valence-corrected chi connectivity index (χ2v) is 3.76. The Balaban J connectivity index is 2.28. The van der Waals surface area contributed by atoms with E-state index in [1.807, 2.05) is 36.4 Å². The molecule has 3 heteroatoms. The molecule has 0 unspecified atom stereocenters. The van der Waals surface area contributed by atoms with Gasteiger partial charge in [-0.3, -0.25) is 4.98 Å². The van der Waals surface area contributed by atoms with Gasteiger partial charge >= 0.3 is 0 Å². The molecule has 0 saturated carbocycles. The van der Waals surface area contributed by atoms with Crippen LogP contribution in [0.2, 0.25) is 0 Å². The van der Waals surface area contributed by atoms with Crippen LogP contribution >= 0.6 is 0 Å². The van der Waals surface area contributed by atoms with Crippen LogP contribution in [0.4, 0.5) is 0 Å². The van der Waals surface area contributed by atoms with Gasteiger partial charge in [-0.1, -0.05) is 35.2 Å². The normalized spacial score (nSPS) is 10.6. The molecule has 0 radical (unpaired) electrons. The first-order valence-corrected chi connectivity index (χ1v) is 5.51. The van der Waals surface area contributed by atoms with Crippen molar-refractivity contribution >= 4 is 5.71 Å². The zero-order chi connectivity index (χ0) is 12.8. The monoisotopic (exact) mass is 236 g/mol. The maximum atomic E-state index is 8.71. The van der Waals surface area contributed by atoms with E-state index in [0.29, 0.717) is 5.71 Å². The molecule has 1 aromatic heterocycles. The van der Waals surface area contributed by atoms with Gasteiger partial charge in [-0.2, -0.15) is 0 Å². The minimum Gasteiger partial charge on any atom is -0.411 e. The first-order chi connectivity index (χ1) is 8.79. The van der Waals surface area contributed by atoms with Crippen LogP contribution in [-0.4, -0.2) is 15.9 Å². The molecular formula is C15H12N2O. The maximum Gasteiger partial charge on any atom is 0.0852 e. The third-order valence-corrected chi connectivity index (χ3v) is 2.43.